The smallest absolute Gasteiger partial charge is 0.388 e. The van der Waals surface area contributed by atoms with Crippen molar-refractivity contribution in [2.24, 2.45) is 0 Å². The van der Waals surface area contributed by atoms with Crippen molar-refractivity contribution in [1.82, 2.24) is 0 Å². The third-order valence-corrected chi connectivity index (χ3v) is 2.52. The molecule has 1 rings (SSSR count). The van der Waals surface area contributed by atoms with Gasteiger partial charge in [-0.2, -0.15) is 13.2 Å². The molecule has 0 aliphatic rings. The molecule has 0 heterocycles. The van der Waals surface area contributed by atoms with Crippen LogP contribution in [-0.2, 0) is 0 Å². The lowest BCUT2D eigenvalue weighted by molar-refractivity contribution is -0.119. The van der Waals surface area contributed by atoms with Gasteiger partial charge in [0.1, 0.15) is 6.54 Å². The van der Waals surface area contributed by atoms with Crippen molar-refractivity contribution in [3.05, 3.63) is 29.8 Å². The number of aliphatic hydroxyl groups is 1. The Hall–Kier alpha value is -1.23. The van der Waals surface area contributed by atoms with Gasteiger partial charge in [-0.1, -0.05) is 19.1 Å². The molecule has 1 N–H and O–H groups in total. The van der Waals surface area contributed by atoms with Gasteiger partial charge in [-0.3, -0.25) is 0 Å². The highest BCUT2D eigenvalue weighted by Gasteiger charge is 2.29. The van der Waals surface area contributed by atoms with E-state index in [4.69, 9.17) is 0 Å². The van der Waals surface area contributed by atoms with Crippen molar-refractivity contribution in [3.63, 3.8) is 0 Å². The van der Waals surface area contributed by atoms with Crippen molar-refractivity contribution in [3.8, 4) is 0 Å². The Kier molecular flexibility index (Phi) is 4.40. The fourth-order valence-corrected chi connectivity index (χ4v) is 1.55. The number of halogens is 3. The molecule has 96 valence electrons. The third kappa shape index (κ3) is 4.26. The van der Waals surface area contributed by atoms with Crippen LogP contribution in [0.5, 0.6) is 0 Å². The second kappa shape index (κ2) is 5.40. The largest absolute Gasteiger partial charge is 0.405 e. The van der Waals surface area contributed by atoms with Gasteiger partial charge in [0.05, 0.1) is 6.10 Å². The highest BCUT2D eigenvalue weighted by molar-refractivity contribution is 5.47. The van der Waals surface area contributed by atoms with Crippen molar-refractivity contribution >= 4 is 5.69 Å². The zero-order chi connectivity index (χ0) is 13.1. The van der Waals surface area contributed by atoms with E-state index in [2.05, 4.69) is 0 Å². The minimum Gasteiger partial charge on any atom is -0.388 e. The van der Waals surface area contributed by atoms with E-state index in [0.717, 1.165) is 10.5 Å². The first-order valence-corrected chi connectivity index (χ1v) is 5.39. The van der Waals surface area contributed by atoms with E-state index >= 15 is 0 Å². The highest BCUT2D eigenvalue weighted by atomic mass is 19.4. The van der Waals surface area contributed by atoms with Crippen LogP contribution in [0.25, 0.3) is 0 Å². The average molecular weight is 247 g/mol. The number of aliphatic hydroxyl groups excluding tert-OH is 1. The van der Waals surface area contributed by atoms with Crippen LogP contribution >= 0.6 is 0 Å². The standard InChI is InChI=1S/C12H16F3NO/c1-3-11(17)9-4-6-10(7-5-9)16(2)8-12(13,14)15/h4-7,11,17H,3,8H2,1-2H3/t11-/m0/s1. The van der Waals surface area contributed by atoms with Gasteiger partial charge in [-0.15, -0.1) is 0 Å². The summed E-state index contributed by atoms with van der Waals surface area (Å²) in [4.78, 5) is 1.13. The summed E-state index contributed by atoms with van der Waals surface area (Å²) in [5.41, 5.74) is 1.20. The molecule has 0 saturated heterocycles. The molecule has 1 atom stereocenters. The van der Waals surface area contributed by atoms with Gasteiger partial charge in [0, 0.05) is 12.7 Å². The van der Waals surface area contributed by atoms with Crippen molar-refractivity contribution in [1.29, 1.82) is 0 Å². The molecule has 5 heteroatoms. The second-order valence-electron chi connectivity index (χ2n) is 3.99. The van der Waals surface area contributed by atoms with Gasteiger partial charge < -0.3 is 10.0 Å². The molecule has 1 aromatic carbocycles. The van der Waals surface area contributed by atoms with E-state index < -0.39 is 18.8 Å². The van der Waals surface area contributed by atoms with E-state index in [1.165, 1.54) is 7.05 Å². The third-order valence-electron chi connectivity index (χ3n) is 2.52. The Labute approximate surface area is 98.7 Å². The van der Waals surface area contributed by atoms with Crippen LogP contribution in [0.4, 0.5) is 18.9 Å². The fraction of sp³-hybridized carbons (Fsp3) is 0.500. The molecular formula is C12H16F3NO. The first-order chi connectivity index (χ1) is 7.83. The monoisotopic (exact) mass is 247 g/mol. The van der Waals surface area contributed by atoms with Crippen LogP contribution in [0.15, 0.2) is 24.3 Å². The maximum Gasteiger partial charge on any atom is 0.405 e. The Balaban J connectivity index is 2.74. The number of nitrogens with zero attached hydrogens (tertiary/aromatic N) is 1. The molecule has 0 amide bonds. The first-order valence-electron chi connectivity index (χ1n) is 5.39. The normalized spacial score (nSPS) is 13.5. The van der Waals surface area contributed by atoms with Gasteiger partial charge in [0.15, 0.2) is 0 Å². The number of hydrogen-bond acceptors (Lipinski definition) is 2. The van der Waals surface area contributed by atoms with E-state index in [-0.39, 0.29) is 0 Å². The fourth-order valence-electron chi connectivity index (χ4n) is 1.55. The molecule has 1 aromatic rings. The quantitative estimate of drug-likeness (QED) is 0.883. The summed E-state index contributed by atoms with van der Waals surface area (Å²) in [5, 5.41) is 9.55. The molecular weight excluding hydrogens is 231 g/mol. The average Bonchev–Trinajstić information content (AvgIpc) is 2.26. The molecule has 0 spiro atoms. The van der Waals surface area contributed by atoms with Crippen molar-refractivity contribution in [2.75, 3.05) is 18.5 Å². The summed E-state index contributed by atoms with van der Waals surface area (Å²) in [6, 6.07) is 6.46. The Morgan fingerprint density at radius 3 is 2.18 bits per heavy atom. The lowest BCUT2D eigenvalue weighted by Crippen LogP contribution is -2.30. The predicted molar refractivity (Wildman–Crippen MR) is 61.0 cm³/mol. The Bertz CT molecular complexity index is 348. The summed E-state index contributed by atoms with van der Waals surface area (Å²) in [5.74, 6) is 0. The summed E-state index contributed by atoms with van der Waals surface area (Å²) >= 11 is 0. The van der Waals surface area contributed by atoms with Gasteiger partial charge in [-0.05, 0) is 24.1 Å². The SMILES string of the molecule is CC[C@H](O)c1ccc(N(C)CC(F)(F)F)cc1. The van der Waals surface area contributed by atoms with E-state index in [9.17, 15) is 18.3 Å². The highest BCUT2D eigenvalue weighted by Crippen LogP contribution is 2.23. The topological polar surface area (TPSA) is 23.5 Å². The minimum atomic E-state index is -4.21. The maximum atomic E-state index is 12.2. The number of rotatable bonds is 4. The zero-order valence-corrected chi connectivity index (χ0v) is 9.83. The molecule has 0 unspecified atom stereocenters. The van der Waals surface area contributed by atoms with Gasteiger partial charge >= 0.3 is 6.18 Å². The first kappa shape index (κ1) is 13.8. The number of benzene rings is 1. The van der Waals surface area contributed by atoms with Crippen molar-refractivity contribution in [2.45, 2.75) is 25.6 Å². The van der Waals surface area contributed by atoms with Crippen LogP contribution in [0, 0.1) is 0 Å². The lowest BCUT2D eigenvalue weighted by atomic mass is 10.1. The molecule has 0 fully saturated rings. The number of hydrogen-bond donors (Lipinski definition) is 1. The Morgan fingerprint density at radius 2 is 1.76 bits per heavy atom. The zero-order valence-electron chi connectivity index (χ0n) is 9.83. The molecule has 0 aromatic heterocycles. The molecule has 0 aliphatic heterocycles. The molecule has 0 bridgehead atoms. The van der Waals surface area contributed by atoms with Crippen molar-refractivity contribution < 1.29 is 18.3 Å². The lowest BCUT2D eigenvalue weighted by Gasteiger charge is -2.21. The second-order valence-corrected chi connectivity index (χ2v) is 3.99. The number of anilines is 1. The molecule has 0 radical (unpaired) electrons. The predicted octanol–water partition coefficient (Wildman–Crippen LogP) is 3.13. The van der Waals surface area contributed by atoms with Crippen LogP contribution in [0.1, 0.15) is 25.0 Å². The van der Waals surface area contributed by atoms with E-state index in [1.54, 1.807) is 24.3 Å². The van der Waals surface area contributed by atoms with E-state index in [0.29, 0.717) is 12.1 Å². The van der Waals surface area contributed by atoms with Gasteiger partial charge in [-0.25, -0.2) is 0 Å². The number of alkyl halides is 3. The van der Waals surface area contributed by atoms with E-state index in [1.807, 2.05) is 6.92 Å². The van der Waals surface area contributed by atoms with Gasteiger partial charge in [0.25, 0.3) is 0 Å². The van der Waals surface area contributed by atoms with Gasteiger partial charge in [0.2, 0.25) is 0 Å². The molecule has 2 nitrogen and oxygen atoms in total. The summed E-state index contributed by atoms with van der Waals surface area (Å²) in [7, 11) is 1.39. The summed E-state index contributed by atoms with van der Waals surface area (Å²) < 4.78 is 36.5. The summed E-state index contributed by atoms with van der Waals surface area (Å²) in [6.07, 6.45) is -4.19. The van der Waals surface area contributed by atoms with Crippen LogP contribution in [0.2, 0.25) is 0 Å². The van der Waals surface area contributed by atoms with Crippen LogP contribution < -0.4 is 4.90 Å². The molecule has 0 saturated carbocycles. The molecule has 0 aliphatic carbocycles. The van der Waals surface area contributed by atoms with Crippen LogP contribution in [-0.4, -0.2) is 24.9 Å². The summed E-state index contributed by atoms with van der Waals surface area (Å²) in [6.45, 7) is 0.858. The maximum absolute atomic E-state index is 12.2. The van der Waals surface area contributed by atoms with Crippen LogP contribution in [0.3, 0.4) is 0 Å². The minimum absolute atomic E-state index is 0.481. The molecule has 17 heavy (non-hydrogen) atoms. The Morgan fingerprint density at radius 1 is 1.24 bits per heavy atom.